The van der Waals surface area contributed by atoms with E-state index >= 15 is 0 Å². The van der Waals surface area contributed by atoms with Crippen LogP contribution >= 0.6 is 11.6 Å². The van der Waals surface area contributed by atoms with Gasteiger partial charge in [0.05, 0.1) is 0 Å². The van der Waals surface area contributed by atoms with E-state index in [-0.39, 0.29) is 11.8 Å². The highest BCUT2D eigenvalue weighted by Crippen LogP contribution is 2.29. The van der Waals surface area contributed by atoms with E-state index in [1.165, 1.54) is 12.8 Å². The van der Waals surface area contributed by atoms with Crippen LogP contribution in [0.1, 0.15) is 32.6 Å². The van der Waals surface area contributed by atoms with Crippen molar-refractivity contribution in [3.63, 3.8) is 0 Å². The maximum Gasteiger partial charge on any atom is 0.224 e. The lowest BCUT2D eigenvalue weighted by Crippen LogP contribution is -2.46. The first kappa shape index (κ1) is 12.2. The third kappa shape index (κ3) is 3.11. The lowest BCUT2D eigenvalue weighted by molar-refractivity contribution is -0.124. The smallest absolute Gasteiger partial charge is 0.224 e. The highest BCUT2D eigenvalue weighted by Gasteiger charge is 2.32. The Hall–Kier alpha value is -0.280. The van der Waals surface area contributed by atoms with Crippen LogP contribution in [0, 0.1) is 5.92 Å². The van der Waals surface area contributed by atoms with Crippen molar-refractivity contribution in [2.75, 3.05) is 19.0 Å². The molecule has 1 atom stereocenters. The van der Waals surface area contributed by atoms with Gasteiger partial charge in [-0.1, -0.05) is 6.92 Å². The first-order valence-corrected chi connectivity index (χ1v) is 6.84. The molecule has 1 aliphatic carbocycles. The standard InChI is InChI=1S/C12H21ClN2O/c1-9(8-13)12(16)14-10-4-6-15(7-5-10)11-2-3-11/h9-11H,2-8H2,1H3,(H,14,16). The van der Waals surface area contributed by atoms with Crippen LogP contribution in [0.3, 0.4) is 0 Å². The Morgan fingerprint density at radius 3 is 2.50 bits per heavy atom. The number of carbonyl (C=O) groups is 1. The maximum absolute atomic E-state index is 11.7. The van der Waals surface area contributed by atoms with Gasteiger partial charge in [0.1, 0.15) is 0 Å². The molecule has 16 heavy (non-hydrogen) atoms. The highest BCUT2D eigenvalue weighted by atomic mass is 35.5. The minimum atomic E-state index is -0.0665. The molecular weight excluding hydrogens is 224 g/mol. The zero-order valence-electron chi connectivity index (χ0n) is 9.92. The summed E-state index contributed by atoms with van der Waals surface area (Å²) >= 11 is 5.67. The molecule has 0 radical (unpaired) electrons. The van der Waals surface area contributed by atoms with Gasteiger partial charge in [0.15, 0.2) is 0 Å². The van der Waals surface area contributed by atoms with Gasteiger partial charge in [0.2, 0.25) is 5.91 Å². The van der Waals surface area contributed by atoms with Gasteiger partial charge >= 0.3 is 0 Å². The molecule has 1 saturated heterocycles. The summed E-state index contributed by atoms with van der Waals surface area (Å²) in [7, 11) is 0. The first-order valence-electron chi connectivity index (χ1n) is 6.31. The van der Waals surface area contributed by atoms with E-state index in [1.54, 1.807) is 0 Å². The molecule has 1 unspecified atom stereocenters. The topological polar surface area (TPSA) is 32.3 Å². The fraction of sp³-hybridized carbons (Fsp3) is 0.917. The van der Waals surface area contributed by atoms with Crippen molar-refractivity contribution >= 4 is 17.5 Å². The van der Waals surface area contributed by atoms with Crippen LogP contribution in [-0.4, -0.2) is 41.9 Å². The normalized spacial score (nSPS) is 25.4. The van der Waals surface area contributed by atoms with Crippen molar-refractivity contribution in [3.8, 4) is 0 Å². The Labute approximate surface area is 103 Å². The van der Waals surface area contributed by atoms with Gasteiger partial charge in [-0.15, -0.1) is 11.6 Å². The van der Waals surface area contributed by atoms with Crippen molar-refractivity contribution in [3.05, 3.63) is 0 Å². The summed E-state index contributed by atoms with van der Waals surface area (Å²) in [5.74, 6) is 0.454. The summed E-state index contributed by atoms with van der Waals surface area (Å²) in [6, 6.07) is 1.23. The summed E-state index contributed by atoms with van der Waals surface area (Å²) in [6.45, 7) is 4.16. The van der Waals surface area contributed by atoms with Crippen LogP contribution in [0.4, 0.5) is 0 Å². The molecule has 0 aromatic carbocycles. The molecule has 1 N–H and O–H groups in total. The van der Waals surface area contributed by atoms with E-state index in [0.717, 1.165) is 32.0 Å². The molecule has 0 aromatic rings. The Kier molecular flexibility index (Phi) is 4.09. The molecule has 92 valence electrons. The van der Waals surface area contributed by atoms with Crippen LogP contribution in [0.2, 0.25) is 0 Å². The summed E-state index contributed by atoms with van der Waals surface area (Å²) < 4.78 is 0. The van der Waals surface area contributed by atoms with Crippen LogP contribution in [-0.2, 0) is 4.79 Å². The maximum atomic E-state index is 11.7. The number of rotatable bonds is 4. The minimum Gasteiger partial charge on any atom is -0.353 e. The number of halogens is 1. The highest BCUT2D eigenvalue weighted by molar-refractivity contribution is 6.19. The Balaban J connectivity index is 1.70. The van der Waals surface area contributed by atoms with E-state index in [2.05, 4.69) is 10.2 Å². The Morgan fingerprint density at radius 1 is 1.38 bits per heavy atom. The van der Waals surface area contributed by atoms with E-state index in [9.17, 15) is 4.79 Å². The molecule has 1 amide bonds. The number of hydrogen-bond donors (Lipinski definition) is 1. The number of piperidine rings is 1. The van der Waals surface area contributed by atoms with Crippen LogP contribution in [0.15, 0.2) is 0 Å². The lowest BCUT2D eigenvalue weighted by atomic mass is 10.0. The van der Waals surface area contributed by atoms with Crippen molar-refractivity contribution in [2.45, 2.75) is 44.7 Å². The van der Waals surface area contributed by atoms with Gasteiger partial charge in [0.25, 0.3) is 0 Å². The number of likely N-dealkylation sites (tertiary alicyclic amines) is 1. The van der Waals surface area contributed by atoms with Crippen molar-refractivity contribution in [1.29, 1.82) is 0 Å². The van der Waals surface area contributed by atoms with Gasteiger partial charge in [0, 0.05) is 37.0 Å². The molecule has 4 heteroatoms. The molecule has 1 saturated carbocycles. The lowest BCUT2D eigenvalue weighted by Gasteiger charge is -2.32. The van der Waals surface area contributed by atoms with Gasteiger partial charge in [-0.3, -0.25) is 4.79 Å². The summed E-state index contributed by atoms with van der Waals surface area (Å²) in [6.07, 6.45) is 4.94. The number of carbonyl (C=O) groups excluding carboxylic acids is 1. The quantitative estimate of drug-likeness (QED) is 0.762. The van der Waals surface area contributed by atoms with Gasteiger partial charge in [-0.25, -0.2) is 0 Å². The molecule has 2 fully saturated rings. The largest absolute Gasteiger partial charge is 0.353 e. The van der Waals surface area contributed by atoms with E-state index < -0.39 is 0 Å². The summed E-state index contributed by atoms with van der Waals surface area (Å²) in [5, 5.41) is 3.10. The molecule has 0 aromatic heterocycles. The summed E-state index contributed by atoms with van der Waals surface area (Å²) in [5.41, 5.74) is 0. The molecule has 2 aliphatic rings. The molecular formula is C12H21ClN2O. The van der Waals surface area contributed by atoms with Crippen molar-refractivity contribution in [2.24, 2.45) is 5.92 Å². The number of nitrogens with one attached hydrogen (secondary N) is 1. The third-order valence-electron chi connectivity index (χ3n) is 3.62. The zero-order valence-corrected chi connectivity index (χ0v) is 10.7. The minimum absolute atomic E-state index is 0.0665. The van der Waals surface area contributed by atoms with Gasteiger partial charge in [-0.2, -0.15) is 0 Å². The summed E-state index contributed by atoms with van der Waals surface area (Å²) in [4.78, 5) is 14.2. The molecule has 1 heterocycles. The van der Waals surface area contributed by atoms with Gasteiger partial charge in [-0.05, 0) is 25.7 Å². The first-order chi connectivity index (χ1) is 7.70. The van der Waals surface area contributed by atoms with E-state index in [4.69, 9.17) is 11.6 Å². The third-order valence-corrected chi connectivity index (χ3v) is 4.08. The van der Waals surface area contributed by atoms with Crippen LogP contribution in [0.25, 0.3) is 0 Å². The average Bonchev–Trinajstić information content (AvgIpc) is 3.13. The van der Waals surface area contributed by atoms with Gasteiger partial charge < -0.3 is 10.2 Å². The predicted molar refractivity (Wildman–Crippen MR) is 65.6 cm³/mol. The number of hydrogen-bond acceptors (Lipinski definition) is 2. The number of alkyl halides is 1. The second-order valence-corrected chi connectivity index (χ2v) is 5.41. The SMILES string of the molecule is CC(CCl)C(=O)NC1CCN(C2CC2)CC1. The van der Waals surface area contributed by atoms with Crippen LogP contribution in [0.5, 0.6) is 0 Å². The fourth-order valence-corrected chi connectivity index (χ4v) is 2.40. The molecule has 0 bridgehead atoms. The Bertz CT molecular complexity index is 247. The van der Waals surface area contributed by atoms with Crippen molar-refractivity contribution < 1.29 is 4.79 Å². The van der Waals surface area contributed by atoms with Crippen molar-refractivity contribution in [1.82, 2.24) is 10.2 Å². The predicted octanol–water partition coefficient (Wildman–Crippen LogP) is 1.60. The molecule has 1 aliphatic heterocycles. The number of nitrogens with zero attached hydrogens (tertiary/aromatic N) is 1. The fourth-order valence-electron chi connectivity index (χ4n) is 2.26. The average molecular weight is 245 g/mol. The van der Waals surface area contributed by atoms with E-state index in [1.807, 2.05) is 6.92 Å². The van der Waals surface area contributed by atoms with Crippen LogP contribution < -0.4 is 5.32 Å². The molecule has 3 nitrogen and oxygen atoms in total. The monoisotopic (exact) mass is 244 g/mol. The Morgan fingerprint density at radius 2 is 2.00 bits per heavy atom. The van der Waals surface area contributed by atoms with E-state index in [0.29, 0.717) is 11.9 Å². The molecule has 0 spiro atoms. The zero-order chi connectivity index (χ0) is 11.5. The number of amides is 1. The second-order valence-electron chi connectivity index (χ2n) is 5.11. The second kappa shape index (κ2) is 5.37. The molecule has 2 rings (SSSR count).